The Morgan fingerprint density at radius 2 is 0.816 bits per heavy atom. The second kappa shape index (κ2) is 11.2. The van der Waals surface area contributed by atoms with Gasteiger partial charge < -0.3 is 0 Å². The molecule has 0 amide bonds. The van der Waals surface area contributed by atoms with Crippen molar-refractivity contribution in [2.75, 3.05) is 0 Å². The molecule has 3 nitrogen and oxygen atoms in total. The van der Waals surface area contributed by atoms with Crippen molar-refractivity contribution in [3.63, 3.8) is 0 Å². The molecule has 0 aliphatic carbocycles. The first-order valence-corrected chi connectivity index (χ1v) is 17.3. The maximum absolute atomic E-state index is 5.26. The first kappa shape index (κ1) is 27.8. The van der Waals surface area contributed by atoms with E-state index in [9.17, 15) is 0 Å². The van der Waals surface area contributed by atoms with Crippen LogP contribution < -0.4 is 0 Å². The Hall–Kier alpha value is -6.23. The SMILES string of the molecule is c1ccc(-c2nc(-c3ccccc3)nc(-c3c(-c4ccc5c6ccccc6c6ccccc6c5c4)ccc4sc5ccccc5c34)n2)cc1. The number of aromatic nitrogens is 3. The van der Waals surface area contributed by atoms with Gasteiger partial charge in [-0.3, -0.25) is 0 Å². The fourth-order valence-corrected chi connectivity index (χ4v) is 8.40. The quantitative estimate of drug-likeness (QED) is 0.180. The Kier molecular flexibility index (Phi) is 6.36. The molecule has 49 heavy (non-hydrogen) atoms. The summed E-state index contributed by atoms with van der Waals surface area (Å²) in [5.74, 6) is 1.98. The summed E-state index contributed by atoms with van der Waals surface area (Å²) in [6.45, 7) is 0. The average Bonchev–Trinajstić information content (AvgIpc) is 3.57. The molecule has 0 bridgehead atoms. The van der Waals surface area contributed by atoms with Crippen molar-refractivity contribution in [1.82, 2.24) is 15.0 Å². The molecule has 4 heteroatoms. The maximum Gasteiger partial charge on any atom is 0.165 e. The number of rotatable bonds is 4. The molecule has 0 atom stereocenters. The van der Waals surface area contributed by atoms with E-state index in [-0.39, 0.29) is 0 Å². The van der Waals surface area contributed by atoms with Crippen molar-refractivity contribution in [2.45, 2.75) is 0 Å². The van der Waals surface area contributed by atoms with Gasteiger partial charge >= 0.3 is 0 Å². The van der Waals surface area contributed by atoms with E-state index in [1.165, 1.54) is 52.5 Å². The minimum atomic E-state index is 0.655. The lowest BCUT2D eigenvalue weighted by Crippen LogP contribution is -2.01. The second-order valence-electron chi connectivity index (χ2n) is 12.3. The van der Waals surface area contributed by atoms with E-state index in [0.29, 0.717) is 17.5 Å². The number of hydrogen-bond acceptors (Lipinski definition) is 4. The molecule has 0 saturated heterocycles. The van der Waals surface area contributed by atoms with Crippen LogP contribution in [0, 0.1) is 0 Å². The molecule has 0 aliphatic heterocycles. The Bertz CT molecular complexity index is 2780. The van der Waals surface area contributed by atoms with Crippen molar-refractivity contribution in [3.8, 4) is 45.3 Å². The first-order chi connectivity index (χ1) is 24.3. The van der Waals surface area contributed by atoms with Crippen LogP contribution in [0.15, 0.2) is 164 Å². The van der Waals surface area contributed by atoms with Crippen LogP contribution in [0.5, 0.6) is 0 Å². The van der Waals surface area contributed by atoms with E-state index in [4.69, 9.17) is 15.0 Å². The minimum absolute atomic E-state index is 0.655. The van der Waals surface area contributed by atoms with E-state index in [0.717, 1.165) is 27.8 Å². The van der Waals surface area contributed by atoms with Gasteiger partial charge in [-0.15, -0.1) is 11.3 Å². The monoisotopic (exact) mass is 641 g/mol. The molecular weight excluding hydrogens is 615 g/mol. The highest BCUT2D eigenvalue weighted by Crippen LogP contribution is 2.46. The van der Waals surface area contributed by atoms with Gasteiger partial charge in [-0.25, -0.2) is 15.0 Å². The molecule has 0 spiro atoms. The average molecular weight is 642 g/mol. The van der Waals surface area contributed by atoms with Crippen LogP contribution in [-0.2, 0) is 0 Å². The predicted octanol–water partition coefficient (Wildman–Crippen LogP) is 12.4. The lowest BCUT2D eigenvalue weighted by molar-refractivity contribution is 1.08. The van der Waals surface area contributed by atoms with Crippen LogP contribution in [0.3, 0.4) is 0 Å². The number of nitrogens with zero attached hydrogens (tertiary/aromatic N) is 3. The zero-order chi connectivity index (χ0) is 32.3. The van der Waals surface area contributed by atoms with Gasteiger partial charge in [0.1, 0.15) is 0 Å². The summed E-state index contributed by atoms with van der Waals surface area (Å²) in [5.41, 5.74) is 5.16. The molecule has 2 aromatic heterocycles. The Balaban J connectivity index is 1.32. The summed E-state index contributed by atoms with van der Waals surface area (Å²) in [4.78, 5) is 15.5. The van der Waals surface area contributed by atoms with Crippen molar-refractivity contribution in [2.24, 2.45) is 0 Å². The standard InChI is InChI=1S/C45H27N3S/c1-3-13-28(14-4-1)43-46-44(29-15-5-2-6-16-29)48-45(47-43)42-31(25-26-40-41(42)37-21-11-12-22-39(37)49-40)30-23-24-36-34-19-8-7-17-32(34)33-18-9-10-20-35(33)38(36)27-30/h1-27H. The Morgan fingerprint density at radius 3 is 1.43 bits per heavy atom. The van der Waals surface area contributed by atoms with Crippen molar-refractivity contribution in [3.05, 3.63) is 164 Å². The smallest absolute Gasteiger partial charge is 0.165 e. The molecule has 0 aliphatic rings. The Labute approximate surface area is 286 Å². The lowest BCUT2D eigenvalue weighted by atomic mass is 9.90. The molecule has 0 N–H and O–H groups in total. The van der Waals surface area contributed by atoms with E-state index in [1.807, 2.05) is 47.7 Å². The fraction of sp³-hybridized carbons (Fsp3) is 0. The largest absolute Gasteiger partial charge is 0.208 e. The number of benzene rings is 8. The third-order valence-corrected chi connectivity index (χ3v) is 10.7. The minimum Gasteiger partial charge on any atom is -0.208 e. The molecule has 8 aromatic carbocycles. The van der Waals surface area contributed by atoms with Gasteiger partial charge in [0.15, 0.2) is 17.5 Å². The molecule has 0 fully saturated rings. The highest BCUT2D eigenvalue weighted by atomic mass is 32.1. The van der Waals surface area contributed by atoms with E-state index in [1.54, 1.807) is 0 Å². The summed E-state index contributed by atoms with van der Waals surface area (Å²) >= 11 is 1.81. The maximum atomic E-state index is 5.26. The van der Waals surface area contributed by atoms with Gasteiger partial charge in [0, 0.05) is 36.9 Å². The van der Waals surface area contributed by atoms with E-state index >= 15 is 0 Å². The van der Waals surface area contributed by atoms with Crippen LogP contribution in [-0.4, -0.2) is 15.0 Å². The van der Waals surface area contributed by atoms with Crippen LogP contribution >= 0.6 is 11.3 Å². The molecule has 228 valence electrons. The van der Waals surface area contributed by atoms with Gasteiger partial charge in [0.2, 0.25) is 0 Å². The topological polar surface area (TPSA) is 38.7 Å². The van der Waals surface area contributed by atoms with Crippen molar-refractivity contribution >= 4 is 63.8 Å². The molecule has 0 saturated carbocycles. The lowest BCUT2D eigenvalue weighted by Gasteiger charge is -2.16. The van der Waals surface area contributed by atoms with Gasteiger partial charge in [-0.1, -0.05) is 146 Å². The van der Waals surface area contributed by atoms with Crippen molar-refractivity contribution < 1.29 is 0 Å². The number of hydrogen-bond donors (Lipinski definition) is 0. The van der Waals surface area contributed by atoms with E-state index < -0.39 is 0 Å². The van der Waals surface area contributed by atoms with Gasteiger partial charge in [0.25, 0.3) is 0 Å². The Morgan fingerprint density at radius 1 is 0.327 bits per heavy atom. The number of thiophene rings is 1. The van der Waals surface area contributed by atoms with Crippen LogP contribution in [0.2, 0.25) is 0 Å². The normalized spacial score (nSPS) is 11.7. The summed E-state index contributed by atoms with van der Waals surface area (Å²) in [7, 11) is 0. The van der Waals surface area contributed by atoms with E-state index in [2.05, 4.69) is 127 Å². The number of fused-ring (bicyclic) bond motifs is 9. The molecule has 0 unspecified atom stereocenters. The predicted molar refractivity (Wildman–Crippen MR) is 207 cm³/mol. The van der Waals surface area contributed by atoms with Gasteiger partial charge in [-0.2, -0.15) is 0 Å². The second-order valence-corrected chi connectivity index (χ2v) is 13.4. The summed E-state index contributed by atoms with van der Waals surface area (Å²) in [6.07, 6.45) is 0. The summed E-state index contributed by atoms with van der Waals surface area (Å²) < 4.78 is 2.45. The van der Waals surface area contributed by atoms with Gasteiger partial charge in [-0.05, 0) is 61.6 Å². The highest BCUT2D eigenvalue weighted by Gasteiger charge is 2.22. The molecular formula is C45H27N3S. The van der Waals surface area contributed by atoms with Crippen LogP contribution in [0.4, 0.5) is 0 Å². The third kappa shape index (κ3) is 4.53. The van der Waals surface area contributed by atoms with Crippen LogP contribution in [0.25, 0.3) is 97.8 Å². The molecule has 0 radical (unpaired) electrons. The molecule has 2 heterocycles. The zero-order valence-electron chi connectivity index (χ0n) is 26.3. The summed E-state index contributed by atoms with van der Waals surface area (Å²) in [6, 6.07) is 58.0. The zero-order valence-corrected chi connectivity index (χ0v) is 27.2. The van der Waals surface area contributed by atoms with Gasteiger partial charge in [0.05, 0.1) is 0 Å². The molecule has 10 rings (SSSR count). The molecule has 10 aromatic rings. The van der Waals surface area contributed by atoms with Crippen LogP contribution in [0.1, 0.15) is 0 Å². The van der Waals surface area contributed by atoms with Crippen molar-refractivity contribution in [1.29, 1.82) is 0 Å². The first-order valence-electron chi connectivity index (χ1n) is 16.5. The highest BCUT2D eigenvalue weighted by molar-refractivity contribution is 7.26. The fourth-order valence-electron chi connectivity index (χ4n) is 7.29. The third-order valence-electron chi connectivity index (χ3n) is 9.52. The summed E-state index contributed by atoms with van der Waals surface area (Å²) in [5, 5.41) is 9.92.